The number of nitrogens with one attached hydrogen (secondary N) is 3. The molecular formula is C22H28N8OS. The molecule has 32 heavy (non-hydrogen) atoms. The van der Waals surface area contributed by atoms with Crippen molar-refractivity contribution in [1.82, 2.24) is 9.80 Å². The highest BCUT2D eigenvalue weighted by molar-refractivity contribution is 7.12. The number of piperazine rings is 1. The molecule has 1 fully saturated rings. The molecule has 2 aromatic rings. The first-order valence-electron chi connectivity index (χ1n) is 10.5. The molecule has 2 aliphatic heterocycles. The molecule has 0 aliphatic carbocycles. The van der Waals surface area contributed by atoms with Crippen molar-refractivity contribution in [1.29, 1.82) is 10.8 Å². The predicted octanol–water partition coefficient (Wildman–Crippen LogP) is 2.00. The highest BCUT2D eigenvalue weighted by Gasteiger charge is 2.20. The number of carbonyl (C=O) groups is 1. The normalized spacial score (nSPS) is 16.5. The van der Waals surface area contributed by atoms with E-state index in [-0.39, 0.29) is 17.8 Å². The van der Waals surface area contributed by atoms with Crippen molar-refractivity contribution in [2.24, 2.45) is 11.5 Å². The number of carbonyl (C=O) groups excluding carboxylic acids is 1. The van der Waals surface area contributed by atoms with Crippen molar-refractivity contribution in [2.75, 3.05) is 49.5 Å². The molecular weight excluding hydrogens is 424 g/mol. The molecule has 1 aromatic carbocycles. The molecule has 0 bridgehead atoms. The van der Waals surface area contributed by atoms with Gasteiger partial charge in [0, 0.05) is 56.0 Å². The summed E-state index contributed by atoms with van der Waals surface area (Å²) in [5.41, 5.74) is 15.2. The van der Waals surface area contributed by atoms with Crippen LogP contribution in [0.3, 0.4) is 0 Å². The summed E-state index contributed by atoms with van der Waals surface area (Å²) in [6.45, 7) is 4.36. The van der Waals surface area contributed by atoms with Gasteiger partial charge in [0.1, 0.15) is 0 Å². The fraction of sp³-hybridized carbons (Fsp3) is 0.318. The van der Waals surface area contributed by atoms with Crippen LogP contribution in [0, 0.1) is 10.8 Å². The van der Waals surface area contributed by atoms with Crippen molar-refractivity contribution in [3.63, 3.8) is 0 Å². The lowest BCUT2D eigenvalue weighted by Crippen LogP contribution is -2.50. The lowest BCUT2D eigenvalue weighted by Gasteiger charge is -2.35. The highest BCUT2D eigenvalue weighted by Crippen LogP contribution is 2.26. The molecule has 3 heterocycles. The summed E-state index contributed by atoms with van der Waals surface area (Å²) in [5.74, 6) is 0.0950. The summed E-state index contributed by atoms with van der Waals surface area (Å²) in [6.07, 6.45) is 2.94. The zero-order chi connectivity index (χ0) is 22.7. The fourth-order valence-electron chi connectivity index (χ4n) is 3.93. The number of rotatable bonds is 4. The number of benzene rings is 1. The summed E-state index contributed by atoms with van der Waals surface area (Å²) in [6, 6.07) is 9.78. The smallest absolute Gasteiger partial charge is 0.265 e. The first-order valence-corrected chi connectivity index (χ1v) is 11.4. The van der Waals surface area contributed by atoms with Crippen LogP contribution in [-0.4, -0.2) is 66.9 Å². The summed E-state index contributed by atoms with van der Waals surface area (Å²) >= 11 is 1.43. The molecule has 2 aliphatic rings. The zero-order valence-corrected chi connectivity index (χ0v) is 18.6. The Morgan fingerprint density at radius 3 is 2.25 bits per heavy atom. The second-order valence-electron chi connectivity index (χ2n) is 7.87. The SMILES string of the molecule is N=C(N)N1CC=C(c2ccc(NC(=O)c3cc(N4CCN(C(=N)N)CC4)cs3)cc2)CC1. The summed E-state index contributed by atoms with van der Waals surface area (Å²) < 4.78 is 0. The molecule has 168 valence electrons. The van der Waals surface area contributed by atoms with Gasteiger partial charge in [0.05, 0.1) is 4.88 Å². The number of thiophene rings is 1. The summed E-state index contributed by atoms with van der Waals surface area (Å²) in [4.78, 5) is 19.3. The van der Waals surface area contributed by atoms with Gasteiger partial charge in [-0.2, -0.15) is 0 Å². The number of amides is 1. The van der Waals surface area contributed by atoms with Crippen molar-refractivity contribution < 1.29 is 4.79 Å². The van der Waals surface area contributed by atoms with Crippen LogP contribution in [0.25, 0.3) is 5.57 Å². The van der Waals surface area contributed by atoms with E-state index in [1.165, 1.54) is 16.9 Å². The van der Waals surface area contributed by atoms with Crippen LogP contribution >= 0.6 is 11.3 Å². The Kier molecular flexibility index (Phi) is 6.31. The van der Waals surface area contributed by atoms with Crippen LogP contribution < -0.4 is 21.7 Å². The van der Waals surface area contributed by atoms with Crippen LogP contribution in [0.5, 0.6) is 0 Å². The third-order valence-corrected chi connectivity index (χ3v) is 6.77. The molecule has 0 radical (unpaired) electrons. The largest absolute Gasteiger partial charge is 0.370 e. The lowest BCUT2D eigenvalue weighted by atomic mass is 9.99. The van der Waals surface area contributed by atoms with Gasteiger partial charge < -0.3 is 31.5 Å². The first kappa shape index (κ1) is 21.7. The standard InChI is InChI=1S/C22H28N8OS/c23-21(24)29-7-5-16(6-8-29)15-1-3-17(4-2-15)27-20(31)19-13-18(14-32-19)28-9-11-30(12-10-28)22(25)26/h1-5,13-14H,6-12H2,(H3,23,24)(H3,25,26)(H,27,31). The Hall–Kier alpha value is -3.53. The minimum Gasteiger partial charge on any atom is -0.370 e. The Bertz CT molecular complexity index is 1040. The summed E-state index contributed by atoms with van der Waals surface area (Å²) in [5, 5.41) is 20.0. The van der Waals surface area contributed by atoms with Gasteiger partial charge in [-0.3, -0.25) is 15.6 Å². The van der Waals surface area contributed by atoms with Gasteiger partial charge in [-0.05, 0) is 35.8 Å². The number of guanidine groups is 2. The molecule has 0 spiro atoms. The monoisotopic (exact) mass is 452 g/mol. The van der Waals surface area contributed by atoms with Crippen LogP contribution in [0.15, 0.2) is 41.8 Å². The van der Waals surface area contributed by atoms with E-state index in [1.54, 1.807) is 0 Å². The molecule has 9 nitrogen and oxygen atoms in total. The van der Waals surface area contributed by atoms with Gasteiger partial charge in [-0.1, -0.05) is 18.2 Å². The Balaban J connectivity index is 1.34. The number of anilines is 2. The van der Waals surface area contributed by atoms with E-state index < -0.39 is 0 Å². The van der Waals surface area contributed by atoms with Gasteiger partial charge in [-0.25, -0.2) is 0 Å². The topological polar surface area (TPSA) is 139 Å². The zero-order valence-electron chi connectivity index (χ0n) is 17.8. The molecule has 0 saturated carbocycles. The van der Waals surface area contributed by atoms with E-state index in [9.17, 15) is 4.79 Å². The third kappa shape index (κ3) is 4.86. The van der Waals surface area contributed by atoms with E-state index in [0.29, 0.717) is 24.5 Å². The van der Waals surface area contributed by atoms with Crippen LogP contribution in [0.1, 0.15) is 21.7 Å². The summed E-state index contributed by atoms with van der Waals surface area (Å²) in [7, 11) is 0. The molecule has 0 unspecified atom stereocenters. The van der Waals surface area contributed by atoms with E-state index in [1.807, 2.05) is 45.5 Å². The van der Waals surface area contributed by atoms with Crippen molar-refractivity contribution in [2.45, 2.75) is 6.42 Å². The highest BCUT2D eigenvalue weighted by atomic mass is 32.1. The molecule has 4 rings (SSSR count). The fourth-order valence-corrected chi connectivity index (χ4v) is 4.74. The van der Waals surface area contributed by atoms with Gasteiger partial charge >= 0.3 is 0 Å². The molecule has 1 aromatic heterocycles. The molecule has 1 amide bonds. The van der Waals surface area contributed by atoms with Crippen molar-refractivity contribution in [3.8, 4) is 0 Å². The second-order valence-corrected chi connectivity index (χ2v) is 8.78. The maximum absolute atomic E-state index is 12.7. The lowest BCUT2D eigenvalue weighted by molar-refractivity contribution is 0.103. The predicted molar refractivity (Wildman–Crippen MR) is 130 cm³/mol. The minimum atomic E-state index is -0.120. The number of hydrogen-bond donors (Lipinski definition) is 5. The molecule has 1 saturated heterocycles. The second kappa shape index (κ2) is 9.31. The van der Waals surface area contributed by atoms with Crippen molar-refractivity contribution in [3.05, 3.63) is 52.2 Å². The Labute approximate surface area is 191 Å². The first-order chi connectivity index (χ1) is 15.4. The van der Waals surface area contributed by atoms with Crippen LogP contribution in [-0.2, 0) is 0 Å². The maximum Gasteiger partial charge on any atom is 0.265 e. The van der Waals surface area contributed by atoms with Crippen molar-refractivity contribution >= 4 is 46.1 Å². The number of nitrogens with two attached hydrogens (primary N) is 2. The number of hydrogen-bond acceptors (Lipinski definition) is 5. The Morgan fingerprint density at radius 2 is 1.66 bits per heavy atom. The van der Waals surface area contributed by atoms with Gasteiger partial charge in [0.2, 0.25) is 0 Å². The third-order valence-electron chi connectivity index (χ3n) is 5.86. The van der Waals surface area contributed by atoms with Gasteiger partial charge in [-0.15, -0.1) is 11.3 Å². The van der Waals surface area contributed by atoms with E-state index in [2.05, 4.69) is 16.3 Å². The van der Waals surface area contributed by atoms with E-state index >= 15 is 0 Å². The van der Waals surface area contributed by atoms with Gasteiger partial charge in [0.25, 0.3) is 5.91 Å². The minimum absolute atomic E-state index is 0.105. The number of nitrogens with zero attached hydrogens (tertiary/aromatic N) is 3. The van der Waals surface area contributed by atoms with Crippen LogP contribution in [0.4, 0.5) is 11.4 Å². The molecule has 0 atom stereocenters. The van der Waals surface area contributed by atoms with Crippen LogP contribution in [0.2, 0.25) is 0 Å². The quantitative estimate of drug-likeness (QED) is 0.355. The molecule has 10 heteroatoms. The average molecular weight is 453 g/mol. The Morgan fingerprint density at radius 1 is 0.969 bits per heavy atom. The van der Waals surface area contributed by atoms with E-state index in [4.69, 9.17) is 22.3 Å². The molecule has 7 N–H and O–H groups in total. The van der Waals surface area contributed by atoms with E-state index in [0.717, 1.165) is 43.0 Å². The van der Waals surface area contributed by atoms with Gasteiger partial charge in [0.15, 0.2) is 11.9 Å². The maximum atomic E-state index is 12.7. The average Bonchev–Trinajstić information content (AvgIpc) is 3.30.